The van der Waals surface area contributed by atoms with Crippen LogP contribution in [0.25, 0.3) is 0 Å². The molecule has 16 heavy (non-hydrogen) atoms. The van der Waals surface area contributed by atoms with Crippen molar-refractivity contribution in [3.8, 4) is 0 Å². The number of anilines is 1. The number of carboxylic acids is 1. The van der Waals surface area contributed by atoms with Crippen LogP contribution in [0.4, 0.5) is 5.00 Å². The van der Waals surface area contributed by atoms with E-state index < -0.39 is 5.97 Å². The average Bonchev–Trinajstić information content (AvgIpc) is 2.74. The van der Waals surface area contributed by atoms with E-state index in [0.29, 0.717) is 10.8 Å². The van der Waals surface area contributed by atoms with E-state index in [0.717, 1.165) is 24.5 Å². The van der Waals surface area contributed by atoms with E-state index in [1.165, 1.54) is 11.3 Å². The van der Waals surface area contributed by atoms with Gasteiger partial charge in [-0.3, -0.25) is 0 Å². The Balaban J connectivity index is 2.74. The first kappa shape index (κ1) is 13.0. The van der Waals surface area contributed by atoms with Crippen LogP contribution >= 0.6 is 11.3 Å². The largest absolute Gasteiger partial charge is 0.477 e. The molecule has 1 N–H and O–H groups in total. The van der Waals surface area contributed by atoms with Crippen LogP contribution in [-0.4, -0.2) is 24.2 Å². The van der Waals surface area contributed by atoms with Crippen molar-refractivity contribution in [1.29, 1.82) is 0 Å². The molecule has 4 heteroatoms. The highest BCUT2D eigenvalue weighted by Gasteiger charge is 2.13. The normalized spacial score (nSPS) is 12.4. The summed E-state index contributed by atoms with van der Waals surface area (Å²) in [6.45, 7) is 8.41. The van der Waals surface area contributed by atoms with Crippen LogP contribution in [0.3, 0.4) is 0 Å². The van der Waals surface area contributed by atoms with E-state index in [2.05, 4.69) is 25.7 Å². The molecule has 0 bridgehead atoms. The molecule has 0 saturated carbocycles. The standard InChI is InChI=1S/C12H19NO2S/c1-4-9(3)8-13(5-2)11-7-6-10(16-11)12(14)15/h6-7,9H,4-5,8H2,1-3H3,(H,14,15). The van der Waals surface area contributed by atoms with Gasteiger partial charge in [0.05, 0.1) is 5.00 Å². The van der Waals surface area contributed by atoms with Crippen LogP contribution in [0.15, 0.2) is 12.1 Å². The lowest BCUT2D eigenvalue weighted by Crippen LogP contribution is -2.27. The van der Waals surface area contributed by atoms with E-state index in [9.17, 15) is 4.79 Å². The van der Waals surface area contributed by atoms with Crippen molar-refractivity contribution in [2.45, 2.75) is 27.2 Å². The summed E-state index contributed by atoms with van der Waals surface area (Å²) in [5.41, 5.74) is 0. The summed E-state index contributed by atoms with van der Waals surface area (Å²) >= 11 is 1.35. The molecule has 0 amide bonds. The molecule has 0 aromatic carbocycles. The molecule has 1 unspecified atom stereocenters. The molecular weight excluding hydrogens is 222 g/mol. The molecule has 0 aliphatic heterocycles. The van der Waals surface area contributed by atoms with Gasteiger partial charge in [-0.1, -0.05) is 20.3 Å². The van der Waals surface area contributed by atoms with Gasteiger partial charge in [0.2, 0.25) is 0 Å². The topological polar surface area (TPSA) is 40.5 Å². The van der Waals surface area contributed by atoms with Gasteiger partial charge < -0.3 is 10.0 Å². The zero-order valence-corrected chi connectivity index (χ0v) is 10.9. The number of rotatable bonds is 6. The Morgan fingerprint density at radius 1 is 1.50 bits per heavy atom. The Morgan fingerprint density at radius 3 is 2.62 bits per heavy atom. The fourth-order valence-corrected chi connectivity index (χ4v) is 2.41. The fraction of sp³-hybridized carbons (Fsp3) is 0.583. The molecule has 1 rings (SSSR count). The van der Waals surface area contributed by atoms with Gasteiger partial charge >= 0.3 is 5.97 Å². The quantitative estimate of drug-likeness (QED) is 0.830. The summed E-state index contributed by atoms with van der Waals surface area (Å²) in [5.74, 6) is -0.203. The van der Waals surface area contributed by atoms with Crippen LogP contribution in [0.1, 0.15) is 36.9 Å². The second-order valence-electron chi connectivity index (χ2n) is 4.00. The number of thiophene rings is 1. The third-order valence-corrected chi connectivity index (χ3v) is 3.86. The molecule has 0 radical (unpaired) electrons. The third-order valence-electron chi connectivity index (χ3n) is 2.72. The van der Waals surface area contributed by atoms with Crippen LogP contribution < -0.4 is 4.90 Å². The smallest absolute Gasteiger partial charge is 0.345 e. The summed E-state index contributed by atoms with van der Waals surface area (Å²) in [4.78, 5) is 13.5. The Labute approximate surface area is 101 Å². The minimum absolute atomic E-state index is 0.414. The predicted octanol–water partition coefficient (Wildman–Crippen LogP) is 3.32. The molecule has 1 aromatic heterocycles. The summed E-state index contributed by atoms with van der Waals surface area (Å²) in [6.07, 6.45) is 1.15. The van der Waals surface area contributed by atoms with Crippen molar-refractivity contribution in [3.63, 3.8) is 0 Å². The molecule has 0 fully saturated rings. The molecule has 1 atom stereocenters. The molecule has 0 aliphatic rings. The van der Waals surface area contributed by atoms with E-state index >= 15 is 0 Å². The number of aromatic carboxylic acids is 1. The number of hydrogen-bond acceptors (Lipinski definition) is 3. The lowest BCUT2D eigenvalue weighted by Gasteiger charge is -2.24. The highest BCUT2D eigenvalue weighted by Crippen LogP contribution is 2.26. The van der Waals surface area contributed by atoms with Gasteiger partial charge in [0.25, 0.3) is 0 Å². The second kappa shape index (κ2) is 5.89. The van der Waals surface area contributed by atoms with Gasteiger partial charge in [-0.2, -0.15) is 0 Å². The van der Waals surface area contributed by atoms with E-state index in [1.807, 2.05) is 6.07 Å². The SMILES string of the molecule is CCC(C)CN(CC)c1ccc(C(=O)O)s1. The Kier molecular flexibility index (Phi) is 4.80. The molecule has 1 aromatic rings. The summed E-state index contributed by atoms with van der Waals surface area (Å²) in [7, 11) is 0. The number of carbonyl (C=O) groups is 1. The lowest BCUT2D eigenvalue weighted by molar-refractivity contribution is 0.0702. The van der Waals surface area contributed by atoms with Crippen LogP contribution in [0.2, 0.25) is 0 Å². The number of nitrogens with zero attached hydrogens (tertiary/aromatic N) is 1. The zero-order valence-electron chi connectivity index (χ0n) is 10.1. The van der Waals surface area contributed by atoms with E-state index in [-0.39, 0.29) is 0 Å². The average molecular weight is 241 g/mol. The van der Waals surface area contributed by atoms with Gasteiger partial charge in [0, 0.05) is 13.1 Å². The highest BCUT2D eigenvalue weighted by atomic mass is 32.1. The van der Waals surface area contributed by atoms with Crippen molar-refractivity contribution >= 4 is 22.3 Å². The minimum atomic E-state index is -0.837. The molecule has 0 aliphatic carbocycles. The summed E-state index contributed by atoms with van der Waals surface area (Å²) in [6, 6.07) is 3.58. The van der Waals surface area contributed by atoms with Gasteiger partial charge in [0.1, 0.15) is 4.88 Å². The van der Waals surface area contributed by atoms with Crippen molar-refractivity contribution in [3.05, 3.63) is 17.0 Å². The first-order chi connectivity index (χ1) is 7.58. The van der Waals surface area contributed by atoms with E-state index in [1.54, 1.807) is 6.07 Å². The monoisotopic (exact) mass is 241 g/mol. The Bertz CT molecular complexity index is 349. The lowest BCUT2D eigenvalue weighted by atomic mass is 10.1. The molecule has 1 heterocycles. The van der Waals surface area contributed by atoms with Gasteiger partial charge in [-0.25, -0.2) is 4.79 Å². The highest BCUT2D eigenvalue weighted by molar-refractivity contribution is 7.17. The molecular formula is C12H19NO2S. The van der Waals surface area contributed by atoms with Crippen molar-refractivity contribution < 1.29 is 9.90 Å². The van der Waals surface area contributed by atoms with Gasteiger partial charge in [-0.15, -0.1) is 11.3 Å². The number of carboxylic acid groups (broad SMARTS) is 1. The second-order valence-corrected chi connectivity index (χ2v) is 5.06. The maximum absolute atomic E-state index is 10.8. The van der Waals surface area contributed by atoms with Crippen LogP contribution in [0, 0.1) is 5.92 Å². The zero-order chi connectivity index (χ0) is 12.1. The molecule has 90 valence electrons. The van der Waals surface area contributed by atoms with Crippen molar-refractivity contribution in [2.75, 3.05) is 18.0 Å². The van der Waals surface area contributed by atoms with Crippen LogP contribution in [-0.2, 0) is 0 Å². The predicted molar refractivity (Wildman–Crippen MR) is 68.6 cm³/mol. The van der Waals surface area contributed by atoms with E-state index in [4.69, 9.17) is 5.11 Å². The summed E-state index contributed by atoms with van der Waals surface area (Å²) < 4.78 is 0. The van der Waals surface area contributed by atoms with Crippen LogP contribution in [0.5, 0.6) is 0 Å². The fourth-order valence-electron chi connectivity index (χ4n) is 1.49. The first-order valence-electron chi connectivity index (χ1n) is 5.66. The number of hydrogen-bond donors (Lipinski definition) is 1. The van der Waals surface area contributed by atoms with Gasteiger partial charge in [-0.05, 0) is 25.0 Å². The summed E-state index contributed by atoms with van der Waals surface area (Å²) in [5, 5.41) is 9.93. The Morgan fingerprint density at radius 2 is 2.19 bits per heavy atom. The maximum Gasteiger partial charge on any atom is 0.345 e. The van der Waals surface area contributed by atoms with Crippen molar-refractivity contribution in [2.24, 2.45) is 5.92 Å². The van der Waals surface area contributed by atoms with Crippen molar-refractivity contribution in [1.82, 2.24) is 0 Å². The molecule has 3 nitrogen and oxygen atoms in total. The molecule has 0 spiro atoms. The third kappa shape index (κ3) is 3.23. The Hall–Kier alpha value is -1.03. The van der Waals surface area contributed by atoms with Gasteiger partial charge in [0.15, 0.2) is 0 Å². The maximum atomic E-state index is 10.8. The minimum Gasteiger partial charge on any atom is -0.477 e. The first-order valence-corrected chi connectivity index (χ1v) is 6.48. The molecule has 0 saturated heterocycles.